The van der Waals surface area contributed by atoms with Gasteiger partial charge in [0.2, 0.25) is 0 Å². The minimum absolute atomic E-state index is 1.02. The molecule has 70 valence electrons. The van der Waals surface area contributed by atoms with Gasteiger partial charge in [0.1, 0.15) is 0 Å². The van der Waals surface area contributed by atoms with Gasteiger partial charge in [0.05, 0.1) is 0 Å². The van der Waals surface area contributed by atoms with Gasteiger partial charge in [-0.3, -0.25) is 0 Å². The highest BCUT2D eigenvalue weighted by Gasteiger charge is 1.91. The van der Waals surface area contributed by atoms with E-state index >= 15 is 0 Å². The van der Waals surface area contributed by atoms with Crippen molar-refractivity contribution in [3.8, 4) is 0 Å². The fraction of sp³-hybridized carbons (Fsp3) is 0.231. The van der Waals surface area contributed by atoms with Crippen molar-refractivity contribution < 1.29 is 0 Å². The number of hydrogen-bond donors (Lipinski definition) is 0. The van der Waals surface area contributed by atoms with Gasteiger partial charge < -0.3 is 0 Å². The molecule has 0 nitrogen and oxygen atoms in total. The lowest BCUT2D eigenvalue weighted by Crippen LogP contribution is -1.79. The third-order valence-corrected chi connectivity index (χ3v) is 1.60. The monoisotopic (exact) mass is 174 g/mol. The SMILES string of the molecule is C=C(C)/C=C\C(=C)C(/C=C\C)=C/C. The summed E-state index contributed by atoms with van der Waals surface area (Å²) < 4.78 is 0. The van der Waals surface area contributed by atoms with Crippen molar-refractivity contribution in [2.75, 3.05) is 0 Å². The van der Waals surface area contributed by atoms with Crippen LogP contribution >= 0.6 is 0 Å². The Morgan fingerprint density at radius 2 is 1.62 bits per heavy atom. The Hall–Kier alpha value is -1.30. The van der Waals surface area contributed by atoms with E-state index in [2.05, 4.69) is 13.2 Å². The quantitative estimate of drug-likeness (QED) is 0.560. The van der Waals surface area contributed by atoms with E-state index in [0.29, 0.717) is 0 Å². The molecular formula is C13H18. The van der Waals surface area contributed by atoms with Crippen LogP contribution in [0.4, 0.5) is 0 Å². The Kier molecular flexibility index (Phi) is 5.62. The average molecular weight is 174 g/mol. The zero-order valence-electron chi connectivity index (χ0n) is 8.80. The predicted octanol–water partition coefficient (Wildman–Crippen LogP) is 4.20. The summed E-state index contributed by atoms with van der Waals surface area (Å²) in [4.78, 5) is 0. The lowest BCUT2D eigenvalue weighted by molar-refractivity contribution is 1.48. The fourth-order valence-corrected chi connectivity index (χ4v) is 0.907. The van der Waals surface area contributed by atoms with Gasteiger partial charge in [-0.1, -0.05) is 49.1 Å². The molecule has 13 heavy (non-hydrogen) atoms. The topological polar surface area (TPSA) is 0 Å². The molecule has 0 aliphatic rings. The van der Waals surface area contributed by atoms with Gasteiger partial charge in [-0.25, -0.2) is 0 Å². The second-order valence-corrected chi connectivity index (χ2v) is 2.95. The van der Waals surface area contributed by atoms with Crippen LogP contribution in [0.5, 0.6) is 0 Å². The molecule has 0 spiro atoms. The molecular weight excluding hydrogens is 156 g/mol. The van der Waals surface area contributed by atoms with E-state index in [1.54, 1.807) is 0 Å². The molecule has 0 atom stereocenters. The molecule has 0 aromatic rings. The third kappa shape index (κ3) is 5.02. The first kappa shape index (κ1) is 11.7. The minimum Gasteiger partial charge on any atom is -0.0961 e. The first-order valence-corrected chi connectivity index (χ1v) is 4.43. The first-order chi connectivity index (χ1) is 6.11. The summed E-state index contributed by atoms with van der Waals surface area (Å²) in [6, 6.07) is 0. The maximum Gasteiger partial charge on any atom is -0.0236 e. The summed E-state index contributed by atoms with van der Waals surface area (Å²) in [5, 5.41) is 0. The van der Waals surface area contributed by atoms with Crippen LogP contribution in [0.1, 0.15) is 20.8 Å². The molecule has 0 saturated carbocycles. The summed E-state index contributed by atoms with van der Waals surface area (Å²) >= 11 is 0. The smallest absolute Gasteiger partial charge is 0.0236 e. The van der Waals surface area contributed by atoms with Crippen LogP contribution < -0.4 is 0 Å². The van der Waals surface area contributed by atoms with Crippen LogP contribution in [0.25, 0.3) is 0 Å². The van der Waals surface area contributed by atoms with Gasteiger partial charge in [0.25, 0.3) is 0 Å². The molecule has 0 aliphatic carbocycles. The Balaban J connectivity index is 4.50. The highest BCUT2D eigenvalue weighted by Crippen LogP contribution is 2.11. The number of hydrogen-bond acceptors (Lipinski definition) is 0. The summed E-state index contributed by atoms with van der Waals surface area (Å²) in [5.74, 6) is 0. The third-order valence-electron chi connectivity index (χ3n) is 1.60. The van der Waals surface area contributed by atoms with Gasteiger partial charge in [0.15, 0.2) is 0 Å². The Morgan fingerprint density at radius 1 is 1.00 bits per heavy atom. The largest absolute Gasteiger partial charge is 0.0961 e. The van der Waals surface area contributed by atoms with Crippen molar-refractivity contribution in [2.45, 2.75) is 20.8 Å². The highest BCUT2D eigenvalue weighted by molar-refractivity contribution is 5.45. The van der Waals surface area contributed by atoms with Gasteiger partial charge in [-0.2, -0.15) is 0 Å². The average Bonchev–Trinajstić information content (AvgIpc) is 2.10. The van der Waals surface area contributed by atoms with E-state index in [9.17, 15) is 0 Å². The molecule has 0 fully saturated rings. The molecule has 0 radical (unpaired) electrons. The molecule has 0 aliphatic heterocycles. The van der Waals surface area contributed by atoms with Crippen molar-refractivity contribution >= 4 is 0 Å². The van der Waals surface area contributed by atoms with E-state index in [4.69, 9.17) is 0 Å². The second-order valence-electron chi connectivity index (χ2n) is 2.95. The summed E-state index contributed by atoms with van der Waals surface area (Å²) in [5.41, 5.74) is 3.21. The van der Waals surface area contributed by atoms with Crippen molar-refractivity contribution in [2.24, 2.45) is 0 Å². The molecule has 0 N–H and O–H groups in total. The lowest BCUT2D eigenvalue weighted by Gasteiger charge is -1.99. The maximum atomic E-state index is 3.97. The van der Waals surface area contributed by atoms with Gasteiger partial charge in [-0.15, -0.1) is 0 Å². The van der Waals surface area contributed by atoms with E-state index in [0.717, 1.165) is 16.7 Å². The van der Waals surface area contributed by atoms with Crippen LogP contribution in [0, 0.1) is 0 Å². The van der Waals surface area contributed by atoms with Crippen LogP contribution in [-0.4, -0.2) is 0 Å². The van der Waals surface area contributed by atoms with Crippen LogP contribution in [0.15, 0.2) is 60.3 Å². The van der Waals surface area contributed by atoms with E-state index in [1.165, 1.54) is 0 Å². The zero-order chi connectivity index (χ0) is 10.3. The van der Waals surface area contributed by atoms with Crippen molar-refractivity contribution in [1.82, 2.24) is 0 Å². The van der Waals surface area contributed by atoms with Gasteiger partial charge in [-0.05, 0) is 31.9 Å². The molecule has 0 bridgehead atoms. The second kappa shape index (κ2) is 6.24. The zero-order valence-corrected chi connectivity index (χ0v) is 8.80. The van der Waals surface area contributed by atoms with E-state index < -0.39 is 0 Å². The minimum atomic E-state index is 1.02. The first-order valence-electron chi connectivity index (χ1n) is 4.43. The normalized spacial score (nSPS) is 12.7. The molecule has 0 aromatic heterocycles. The predicted molar refractivity (Wildman–Crippen MR) is 61.7 cm³/mol. The summed E-state index contributed by atoms with van der Waals surface area (Å²) in [7, 11) is 0. The Bertz CT molecular complexity index is 272. The molecule has 0 saturated heterocycles. The van der Waals surface area contributed by atoms with Crippen molar-refractivity contribution in [1.29, 1.82) is 0 Å². The van der Waals surface area contributed by atoms with Crippen molar-refractivity contribution in [3.63, 3.8) is 0 Å². The van der Waals surface area contributed by atoms with Crippen molar-refractivity contribution in [3.05, 3.63) is 60.3 Å². The maximum absolute atomic E-state index is 3.97. The summed E-state index contributed by atoms with van der Waals surface area (Å²) in [6.45, 7) is 13.7. The summed E-state index contributed by atoms with van der Waals surface area (Å²) in [6.07, 6.45) is 10.1. The van der Waals surface area contributed by atoms with Crippen LogP contribution in [0.3, 0.4) is 0 Å². The van der Waals surface area contributed by atoms with E-state index in [-0.39, 0.29) is 0 Å². The molecule has 0 unspecified atom stereocenters. The van der Waals surface area contributed by atoms with E-state index in [1.807, 2.05) is 51.2 Å². The molecule has 0 amide bonds. The number of rotatable bonds is 4. The van der Waals surface area contributed by atoms with Gasteiger partial charge >= 0.3 is 0 Å². The van der Waals surface area contributed by atoms with Crippen LogP contribution in [-0.2, 0) is 0 Å². The fourth-order valence-electron chi connectivity index (χ4n) is 0.907. The standard InChI is InChI=1S/C13H18/c1-6-8-13(7-2)12(5)10-9-11(3)4/h6-10H,3,5H2,1-2,4H3/b8-6-,10-9-,13-7+. The number of allylic oxidation sites excluding steroid dienone is 8. The molecule has 0 heterocycles. The lowest BCUT2D eigenvalue weighted by atomic mass is 10.1. The Morgan fingerprint density at radius 3 is 2.00 bits per heavy atom. The molecule has 0 rings (SSSR count). The molecule has 0 aromatic carbocycles. The highest BCUT2D eigenvalue weighted by atomic mass is 14.0. The molecule has 0 heteroatoms. The Labute approximate surface area is 81.7 Å². The van der Waals surface area contributed by atoms with Gasteiger partial charge in [0, 0.05) is 0 Å². The van der Waals surface area contributed by atoms with Crippen LogP contribution in [0.2, 0.25) is 0 Å².